The molecule has 0 aliphatic carbocycles. The highest BCUT2D eigenvalue weighted by Crippen LogP contribution is 2.08. The average molecular weight is 197 g/mol. The molecule has 1 rings (SSSR count). The Hall–Kier alpha value is -1.36. The van der Waals surface area contributed by atoms with Crippen LogP contribution in [0.4, 0.5) is 5.82 Å². The van der Waals surface area contributed by atoms with Crippen LogP contribution < -0.4 is 11.1 Å². The molecular weight excluding hydrogens is 182 g/mol. The number of carbonyl (C=O) groups excluding carboxylic acids is 1. The summed E-state index contributed by atoms with van der Waals surface area (Å²) in [5.74, 6) is 0.323. The summed E-state index contributed by atoms with van der Waals surface area (Å²) in [5.41, 5.74) is 5.72. The molecule has 1 aromatic rings. The number of nitrogens with zero attached hydrogens (tertiary/aromatic N) is 1. The van der Waals surface area contributed by atoms with Crippen molar-refractivity contribution in [2.24, 2.45) is 11.7 Å². The number of rotatable bonds is 4. The van der Waals surface area contributed by atoms with E-state index in [2.05, 4.69) is 15.0 Å². The van der Waals surface area contributed by atoms with Crippen LogP contribution in [0.3, 0.4) is 0 Å². The molecule has 5 heteroatoms. The van der Waals surface area contributed by atoms with Crippen LogP contribution in [-0.4, -0.2) is 17.1 Å². The maximum atomic E-state index is 11.5. The summed E-state index contributed by atoms with van der Waals surface area (Å²) in [6, 6.07) is 1.07. The quantitative estimate of drug-likeness (QED) is 0.754. The Kier molecular flexibility index (Phi) is 3.64. The van der Waals surface area contributed by atoms with E-state index in [1.807, 2.05) is 13.8 Å². The maximum Gasteiger partial charge on any atom is 0.242 e. The third-order valence-electron chi connectivity index (χ3n) is 2.25. The molecule has 78 valence electrons. The Morgan fingerprint density at radius 2 is 2.50 bits per heavy atom. The fraction of sp³-hybridized carbons (Fsp3) is 0.556. The Morgan fingerprint density at radius 1 is 1.79 bits per heavy atom. The Labute approximate surface area is 82.6 Å². The lowest BCUT2D eigenvalue weighted by molar-refractivity contribution is -0.118. The molecular formula is C9H15N3O2. The first kappa shape index (κ1) is 10.7. The Balaban J connectivity index is 2.50. The molecule has 5 nitrogen and oxygen atoms in total. The number of carbonyl (C=O) groups is 1. The van der Waals surface area contributed by atoms with Crippen molar-refractivity contribution < 1.29 is 9.32 Å². The molecule has 1 aromatic heterocycles. The van der Waals surface area contributed by atoms with Crippen molar-refractivity contribution in [3.8, 4) is 0 Å². The van der Waals surface area contributed by atoms with E-state index < -0.39 is 6.04 Å². The molecule has 0 spiro atoms. The lowest BCUT2D eigenvalue weighted by Gasteiger charge is -2.16. The Bertz CT molecular complexity index is 284. The first-order valence-corrected chi connectivity index (χ1v) is 4.62. The second kappa shape index (κ2) is 4.76. The molecule has 0 radical (unpaired) electrons. The van der Waals surface area contributed by atoms with Crippen molar-refractivity contribution in [3.05, 3.63) is 12.3 Å². The third-order valence-corrected chi connectivity index (χ3v) is 2.25. The third kappa shape index (κ3) is 2.56. The molecule has 2 atom stereocenters. The monoisotopic (exact) mass is 197 g/mol. The largest absolute Gasteiger partial charge is 0.363 e. The van der Waals surface area contributed by atoms with Crippen LogP contribution in [0.5, 0.6) is 0 Å². The van der Waals surface area contributed by atoms with Crippen LogP contribution in [-0.2, 0) is 4.79 Å². The second-order valence-corrected chi connectivity index (χ2v) is 3.29. The summed E-state index contributed by atoms with van der Waals surface area (Å²) in [7, 11) is 0. The zero-order valence-corrected chi connectivity index (χ0v) is 8.36. The zero-order valence-electron chi connectivity index (χ0n) is 8.36. The van der Waals surface area contributed by atoms with Gasteiger partial charge in [-0.25, -0.2) is 0 Å². The van der Waals surface area contributed by atoms with E-state index >= 15 is 0 Å². The molecule has 1 heterocycles. The van der Waals surface area contributed by atoms with Gasteiger partial charge in [0.05, 0.1) is 6.04 Å². The molecule has 1 amide bonds. The van der Waals surface area contributed by atoms with E-state index in [0.717, 1.165) is 6.42 Å². The Morgan fingerprint density at radius 3 is 3.00 bits per heavy atom. The molecule has 0 saturated heterocycles. The lowest BCUT2D eigenvalue weighted by Crippen LogP contribution is -2.40. The van der Waals surface area contributed by atoms with E-state index in [1.54, 1.807) is 6.07 Å². The second-order valence-electron chi connectivity index (χ2n) is 3.29. The van der Waals surface area contributed by atoms with Crippen molar-refractivity contribution in [2.45, 2.75) is 26.3 Å². The van der Waals surface area contributed by atoms with Crippen LogP contribution in [0.1, 0.15) is 20.3 Å². The summed E-state index contributed by atoms with van der Waals surface area (Å²) in [6.07, 6.45) is 2.26. The minimum atomic E-state index is -0.503. The lowest BCUT2D eigenvalue weighted by atomic mass is 9.99. The van der Waals surface area contributed by atoms with Gasteiger partial charge in [0.2, 0.25) is 5.91 Å². The van der Waals surface area contributed by atoms with E-state index in [9.17, 15) is 4.79 Å². The van der Waals surface area contributed by atoms with Gasteiger partial charge in [-0.05, 0) is 5.92 Å². The summed E-state index contributed by atoms with van der Waals surface area (Å²) in [5, 5.41) is 6.13. The van der Waals surface area contributed by atoms with Crippen LogP contribution in [0.2, 0.25) is 0 Å². The van der Waals surface area contributed by atoms with Crippen LogP contribution in [0.15, 0.2) is 16.9 Å². The topological polar surface area (TPSA) is 81.2 Å². The van der Waals surface area contributed by atoms with Gasteiger partial charge in [0.15, 0.2) is 5.82 Å². The molecule has 0 bridgehead atoms. The molecule has 0 fully saturated rings. The normalized spacial score (nSPS) is 14.8. The predicted octanol–water partition coefficient (Wildman–Crippen LogP) is 0.987. The van der Waals surface area contributed by atoms with Gasteiger partial charge in [0.25, 0.3) is 0 Å². The fourth-order valence-electron chi connectivity index (χ4n) is 0.999. The number of hydrogen-bond donors (Lipinski definition) is 2. The zero-order chi connectivity index (χ0) is 10.6. The molecule has 14 heavy (non-hydrogen) atoms. The van der Waals surface area contributed by atoms with Crippen molar-refractivity contribution in [1.82, 2.24) is 5.16 Å². The standard InChI is InChI=1S/C9H15N3O2/c1-3-6(2)8(10)9(13)11-7-4-5-14-12-7/h4-6,8H,3,10H2,1-2H3,(H,11,12,13). The van der Waals surface area contributed by atoms with Crippen molar-refractivity contribution in [2.75, 3.05) is 5.32 Å². The molecule has 0 aromatic carbocycles. The summed E-state index contributed by atoms with van der Waals surface area (Å²) in [4.78, 5) is 11.5. The number of nitrogens with two attached hydrogens (primary N) is 1. The van der Waals surface area contributed by atoms with Crippen molar-refractivity contribution in [3.63, 3.8) is 0 Å². The average Bonchev–Trinajstić information content (AvgIpc) is 2.68. The van der Waals surface area contributed by atoms with E-state index in [-0.39, 0.29) is 11.8 Å². The highest BCUT2D eigenvalue weighted by Gasteiger charge is 2.19. The number of amides is 1. The van der Waals surface area contributed by atoms with Crippen LogP contribution >= 0.6 is 0 Å². The van der Waals surface area contributed by atoms with Gasteiger partial charge in [0, 0.05) is 6.07 Å². The van der Waals surface area contributed by atoms with Gasteiger partial charge in [-0.2, -0.15) is 0 Å². The van der Waals surface area contributed by atoms with Gasteiger partial charge in [-0.1, -0.05) is 25.4 Å². The highest BCUT2D eigenvalue weighted by atomic mass is 16.5. The maximum absolute atomic E-state index is 11.5. The molecule has 0 aliphatic heterocycles. The minimum absolute atomic E-state index is 0.155. The smallest absolute Gasteiger partial charge is 0.242 e. The van der Waals surface area contributed by atoms with Crippen LogP contribution in [0.25, 0.3) is 0 Å². The predicted molar refractivity (Wildman–Crippen MR) is 52.6 cm³/mol. The van der Waals surface area contributed by atoms with Gasteiger partial charge < -0.3 is 15.6 Å². The van der Waals surface area contributed by atoms with Gasteiger partial charge in [-0.15, -0.1) is 0 Å². The molecule has 0 aliphatic rings. The summed E-state index contributed by atoms with van der Waals surface area (Å²) >= 11 is 0. The number of anilines is 1. The van der Waals surface area contributed by atoms with Crippen molar-refractivity contribution in [1.29, 1.82) is 0 Å². The molecule has 0 saturated carbocycles. The van der Waals surface area contributed by atoms with Gasteiger partial charge >= 0.3 is 0 Å². The first-order chi connectivity index (χ1) is 6.65. The van der Waals surface area contributed by atoms with E-state index in [1.165, 1.54) is 6.26 Å². The van der Waals surface area contributed by atoms with Gasteiger partial charge in [0.1, 0.15) is 6.26 Å². The molecule has 2 unspecified atom stereocenters. The van der Waals surface area contributed by atoms with E-state index in [4.69, 9.17) is 5.73 Å². The minimum Gasteiger partial charge on any atom is -0.363 e. The molecule has 3 N–H and O–H groups in total. The summed E-state index contributed by atoms with van der Waals surface area (Å²) in [6.45, 7) is 3.93. The summed E-state index contributed by atoms with van der Waals surface area (Å²) < 4.78 is 4.58. The number of hydrogen-bond acceptors (Lipinski definition) is 4. The number of aromatic nitrogens is 1. The van der Waals surface area contributed by atoms with Crippen LogP contribution in [0, 0.1) is 5.92 Å². The van der Waals surface area contributed by atoms with E-state index in [0.29, 0.717) is 5.82 Å². The SMILES string of the molecule is CCC(C)C(N)C(=O)Nc1ccon1. The first-order valence-electron chi connectivity index (χ1n) is 4.62. The number of nitrogens with one attached hydrogen (secondary N) is 1. The van der Waals surface area contributed by atoms with Crippen molar-refractivity contribution >= 4 is 11.7 Å². The highest BCUT2D eigenvalue weighted by molar-refractivity contribution is 5.93. The fourth-order valence-corrected chi connectivity index (χ4v) is 0.999. The van der Waals surface area contributed by atoms with Gasteiger partial charge in [-0.3, -0.25) is 4.79 Å².